The Morgan fingerprint density at radius 3 is 3.26 bits per heavy atom. The van der Waals surface area contributed by atoms with E-state index in [1.807, 2.05) is 18.2 Å². The maximum atomic E-state index is 12.0. The lowest BCUT2D eigenvalue weighted by Gasteiger charge is -2.18. The Bertz CT molecular complexity index is 457. The molecule has 1 amide bonds. The van der Waals surface area contributed by atoms with Gasteiger partial charge in [0.05, 0.1) is 12.9 Å². The summed E-state index contributed by atoms with van der Waals surface area (Å²) >= 11 is 0. The fourth-order valence-electron chi connectivity index (χ4n) is 2.16. The van der Waals surface area contributed by atoms with E-state index in [1.54, 1.807) is 0 Å². The van der Waals surface area contributed by atoms with Gasteiger partial charge in [-0.25, -0.2) is 0 Å². The van der Waals surface area contributed by atoms with Crippen LogP contribution in [0.15, 0.2) is 31.0 Å². The van der Waals surface area contributed by atoms with E-state index in [0.717, 1.165) is 37.1 Å². The summed E-state index contributed by atoms with van der Waals surface area (Å²) in [5.41, 5.74) is 3.11. The number of anilines is 1. The van der Waals surface area contributed by atoms with Crippen LogP contribution < -0.4 is 10.6 Å². The zero-order valence-electron chi connectivity index (χ0n) is 11.1. The summed E-state index contributed by atoms with van der Waals surface area (Å²) in [7, 11) is 0. The highest BCUT2D eigenvalue weighted by Crippen LogP contribution is 2.22. The van der Waals surface area contributed by atoms with E-state index in [1.165, 1.54) is 11.8 Å². The molecule has 2 rings (SSSR count). The SMILES string of the molecule is C=COCCCNC(=O)c1ccc2c(c1)CCCN2. The van der Waals surface area contributed by atoms with Gasteiger partial charge in [-0.3, -0.25) is 4.79 Å². The summed E-state index contributed by atoms with van der Waals surface area (Å²) in [5, 5.41) is 6.23. The van der Waals surface area contributed by atoms with E-state index >= 15 is 0 Å². The molecular formula is C15H20N2O2. The number of ether oxygens (including phenoxy) is 1. The largest absolute Gasteiger partial charge is 0.502 e. The Morgan fingerprint density at radius 2 is 2.42 bits per heavy atom. The number of rotatable bonds is 6. The highest BCUT2D eigenvalue weighted by molar-refractivity contribution is 5.94. The second-order valence-electron chi connectivity index (χ2n) is 4.55. The van der Waals surface area contributed by atoms with Crippen molar-refractivity contribution in [2.45, 2.75) is 19.3 Å². The molecule has 0 saturated heterocycles. The molecule has 4 nitrogen and oxygen atoms in total. The Labute approximate surface area is 113 Å². The van der Waals surface area contributed by atoms with Crippen molar-refractivity contribution in [3.05, 3.63) is 42.2 Å². The molecule has 0 radical (unpaired) electrons. The number of nitrogens with one attached hydrogen (secondary N) is 2. The zero-order valence-corrected chi connectivity index (χ0v) is 11.1. The van der Waals surface area contributed by atoms with Crippen molar-refractivity contribution in [2.24, 2.45) is 0 Å². The molecule has 1 aliphatic rings. The summed E-state index contributed by atoms with van der Waals surface area (Å²) in [6.45, 7) is 5.68. The first-order valence-electron chi connectivity index (χ1n) is 6.69. The quantitative estimate of drug-likeness (QED) is 0.609. The van der Waals surface area contributed by atoms with Crippen LogP contribution in [0.25, 0.3) is 0 Å². The number of amides is 1. The van der Waals surface area contributed by atoms with Crippen LogP contribution >= 0.6 is 0 Å². The molecule has 0 bridgehead atoms. The van der Waals surface area contributed by atoms with Crippen molar-refractivity contribution in [2.75, 3.05) is 25.0 Å². The van der Waals surface area contributed by atoms with Crippen LogP contribution in [0.4, 0.5) is 5.69 Å². The Hall–Kier alpha value is -1.97. The fourth-order valence-corrected chi connectivity index (χ4v) is 2.16. The molecular weight excluding hydrogens is 240 g/mol. The third-order valence-electron chi connectivity index (χ3n) is 3.15. The number of fused-ring (bicyclic) bond motifs is 1. The van der Waals surface area contributed by atoms with Crippen LogP contribution in [0.5, 0.6) is 0 Å². The van der Waals surface area contributed by atoms with Gasteiger partial charge in [0.15, 0.2) is 0 Å². The molecule has 1 heterocycles. The lowest BCUT2D eigenvalue weighted by molar-refractivity contribution is 0.0950. The Morgan fingerprint density at radius 1 is 1.53 bits per heavy atom. The van der Waals surface area contributed by atoms with E-state index in [-0.39, 0.29) is 5.91 Å². The van der Waals surface area contributed by atoms with Crippen LogP contribution in [0.1, 0.15) is 28.8 Å². The van der Waals surface area contributed by atoms with E-state index in [4.69, 9.17) is 4.74 Å². The van der Waals surface area contributed by atoms with Gasteiger partial charge in [-0.1, -0.05) is 6.58 Å². The van der Waals surface area contributed by atoms with Crippen molar-refractivity contribution in [1.29, 1.82) is 0 Å². The second kappa shape index (κ2) is 6.83. The van der Waals surface area contributed by atoms with Gasteiger partial charge in [0.2, 0.25) is 0 Å². The molecule has 0 aliphatic carbocycles. The number of benzene rings is 1. The van der Waals surface area contributed by atoms with E-state index < -0.39 is 0 Å². The first kappa shape index (κ1) is 13.5. The van der Waals surface area contributed by atoms with Crippen LogP contribution in [-0.2, 0) is 11.2 Å². The summed E-state index contributed by atoms with van der Waals surface area (Å²) < 4.78 is 5.00. The zero-order chi connectivity index (χ0) is 13.5. The molecule has 2 N–H and O–H groups in total. The second-order valence-corrected chi connectivity index (χ2v) is 4.55. The van der Waals surface area contributed by atoms with Gasteiger partial charge in [0, 0.05) is 24.3 Å². The minimum atomic E-state index is -0.0213. The monoisotopic (exact) mass is 260 g/mol. The molecule has 0 fully saturated rings. The van der Waals surface area contributed by atoms with Gasteiger partial charge < -0.3 is 15.4 Å². The summed E-state index contributed by atoms with van der Waals surface area (Å²) in [5.74, 6) is -0.0213. The predicted molar refractivity (Wildman–Crippen MR) is 76.4 cm³/mol. The maximum absolute atomic E-state index is 12.0. The third kappa shape index (κ3) is 3.74. The summed E-state index contributed by atoms with van der Waals surface area (Å²) in [6, 6.07) is 5.84. The van der Waals surface area contributed by atoms with Gasteiger partial charge in [-0.2, -0.15) is 0 Å². The number of hydrogen-bond acceptors (Lipinski definition) is 3. The summed E-state index contributed by atoms with van der Waals surface area (Å²) in [6.07, 6.45) is 4.36. The predicted octanol–water partition coefficient (Wildman–Crippen LogP) is 2.32. The van der Waals surface area contributed by atoms with E-state index in [2.05, 4.69) is 17.2 Å². The van der Waals surface area contributed by atoms with Crippen LogP contribution in [0.2, 0.25) is 0 Å². The number of hydrogen-bond donors (Lipinski definition) is 2. The lowest BCUT2D eigenvalue weighted by Crippen LogP contribution is -2.25. The summed E-state index contributed by atoms with van der Waals surface area (Å²) in [4.78, 5) is 12.0. The lowest BCUT2D eigenvalue weighted by atomic mass is 10.0. The van der Waals surface area contributed by atoms with Gasteiger partial charge in [-0.05, 0) is 43.0 Å². The topological polar surface area (TPSA) is 50.4 Å². The van der Waals surface area contributed by atoms with Crippen LogP contribution in [0.3, 0.4) is 0 Å². The molecule has 1 aromatic rings. The molecule has 19 heavy (non-hydrogen) atoms. The minimum Gasteiger partial charge on any atom is -0.502 e. The van der Waals surface area contributed by atoms with Crippen molar-refractivity contribution in [3.8, 4) is 0 Å². The molecule has 0 atom stereocenters. The molecule has 4 heteroatoms. The van der Waals surface area contributed by atoms with Crippen LogP contribution in [-0.4, -0.2) is 25.6 Å². The normalized spacial score (nSPS) is 13.1. The highest BCUT2D eigenvalue weighted by Gasteiger charge is 2.11. The molecule has 0 unspecified atom stereocenters. The average molecular weight is 260 g/mol. The maximum Gasteiger partial charge on any atom is 0.251 e. The van der Waals surface area contributed by atoms with E-state index in [9.17, 15) is 4.79 Å². The van der Waals surface area contributed by atoms with Gasteiger partial charge >= 0.3 is 0 Å². The van der Waals surface area contributed by atoms with Crippen molar-refractivity contribution in [1.82, 2.24) is 5.32 Å². The van der Waals surface area contributed by atoms with Gasteiger partial charge in [0.25, 0.3) is 5.91 Å². The molecule has 1 aliphatic heterocycles. The molecule has 0 spiro atoms. The molecule has 0 aromatic heterocycles. The highest BCUT2D eigenvalue weighted by atomic mass is 16.5. The molecule has 102 valence electrons. The first-order valence-corrected chi connectivity index (χ1v) is 6.69. The van der Waals surface area contributed by atoms with Crippen molar-refractivity contribution in [3.63, 3.8) is 0 Å². The Kier molecular flexibility index (Phi) is 4.84. The molecule has 0 saturated carbocycles. The van der Waals surface area contributed by atoms with E-state index in [0.29, 0.717) is 13.2 Å². The van der Waals surface area contributed by atoms with Crippen molar-refractivity contribution >= 4 is 11.6 Å². The smallest absolute Gasteiger partial charge is 0.251 e. The standard InChI is InChI=1S/C15H20N2O2/c1-2-19-10-4-9-17-15(18)13-6-7-14-12(11-13)5-3-8-16-14/h2,6-7,11,16H,1,3-5,8-10H2,(H,17,18). The minimum absolute atomic E-state index is 0.0213. The van der Waals surface area contributed by atoms with Crippen molar-refractivity contribution < 1.29 is 9.53 Å². The fraction of sp³-hybridized carbons (Fsp3) is 0.400. The third-order valence-corrected chi connectivity index (χ3v) is 3.15. The Balaban J connectivity index is 1.87. The average Bonchev–Trinajstić information content (AvgIpc) is 2.46. The number of carbonyl (C=O) groups is 1. The molecule has 1 aromatic carbocycles. The number of aryl methyl sites for hydroxylation is 1. The van der Waals surface area contributed by atoms with Crippen LogP contribution in [0, 0.1) is 0 Å². The number of carbonyl (C=O) groups excluding carboxylic acids is 1. The first-order chi connectivity index (χ1) is 9.31. The van der Waals surface area contributed by atoms with Gasteiger partial charge in [-0.15, -0.1) is 0 Å². The van der Waals surface area contributed by atoms with Gasteiger partial charge in [0.1, 0.15) is 0 Å².